The number of nitrogens with one attached hydrogen (secondary N) is 1. The molecule has 0 bridgehead atoms. The molecule has 5 heteroatoms. The summed E-state index contributed by atoms with van der Waals surface area (Å²) in [5.41, 5.74) is 2.06. The largest absolute Gasteiger partial charge is 0.385 e. The molecule has 0 aromatic carbocycles. The molecule has 0 atom stereocenters. The molecule has 2 rings (SSSR count). The lowest BCUT2D eigenvalue weighted by Crippen LogP contribution is -2.04. The maximum atomic E-state index is 5.81. The summed E-state index contributed by atoms with van der Waals surface area (Å²) in [7, 11) is 0. The molecular formula is C12H15ClN4. The molecule has 90 valence electrons. The van der Waals surface area contributed by atoms with Gasteiger partial charge in [0.25, 0.3) is 0 Å². The lowest BCUT2D eigenvalue weighted by molar-refractivity contribution is 0.673. The predicted octanol–water partition coefficient (Wildman–Crippen LogP) is 2.80. The van der Waals surface area contributed by atoms with E-state index in [0.29, 0.717) is 11.6 Å². The van der Waals surface area contributed by atoms with Crippen molar-refractivity contribution in [3.8, 4) is 0 Å². The van der Waals surface area contributed by atoms with Gasteiger partial charge in [0.15, 0.2) is 0 Å². The summed E-state index contributed by atoms with van der Waals surface area (Å²) in [4.78, 5) is 4.31. The Hall–Kier alpha value is -1.55. The summed E-state index contributed by atoms with van der Waals surface area (Å²) in [6, 6.07) is 4.00. The minimum absolute atomic E-state index is 0.633. The first-order valence-electron chi connectivity index (χ1n) is 5.64. The van der Waals surface area contributed by atoms with Crippen LogP contribution in [-0.4, -0.2) is 21.3 Å². The zero-order valence-corrected chi connectivity index (χ0v) is 10.5. The lowest BCUT2D eigenvalue weighted by atomic mass is 10.3. The first kappa shape index (κ1) is 11.9. The zero-order chi connectivity index (χ0) is 12.1. The van der Waals surface area contributed by atoms with Crippen molar-refractivity contribution >= 4 is 17.3 Å². The number of nitrogens with zero attached hydrogens (tertiary/aromatic N) is 3. The van der Waals surface area contributed by atoms with Gasteiger partial charge in [0.1, 0.15) is 0 Å². The number of anilines is 1. The van der Waals surface area contributed by atoms with Crippen LogP contribution in [0.5, 0.6) is 0 Å². The quantitative estimate of drug-likeness (QED) is 0.887. The Bertz CT molecular complexity index is 481. The molecule has 0 saturated heterocycles. The molecule has 0 radical (unpaired) electrons. The van der Waals surface area contributed by atoms with Gasteiger partial charge in [-0.15, -0.1) is 0 Å². The second-order valence-corrected chi connectivity index (χ2v) is 4.26. The van der Waals surface area contributed by atoms with E-state index in [-0.39, 0.29) is 0 Å². The second-order valence-electron chi connectivity index (χ2n) is 3.82. The third-order valence-electron chi connectivity index (χ3n) is 2.32. The summed E-state index contributed by atoms with van der Waals surface area (Å²) in [5.74, 6) is 0. The van der Waals surface area contributed by atoms with Crippen LogP contribution in [0.25, 0.3) is 0 Å². The standard InChI is InChI=1S/C12H15ClN4/c1-2-4-14-11-3-5-15-12(6-11)9-17-8-10(13)7-16-17/h3,5-8H,2,4,9H2,1H3,(H,14,15). The van der Waals surface area contributed by atoms with E-state index >= 15 is 0 Å². The van der Waals surface area contributed by atoms with Crippen LogP contribution in [0.2, 0.25) is 5.02 Å². The Labute approximate surface area is 106 Å². The SMILES string of the molecule is CCCNc1ccnc(Cn2cc(Cl)cn2)c1. The highest BCUT2D eigenvalue weighted by Crippen LogP contribution is 2.10. The smallest absolute Gasteiger partial charge is 0.0832 e. The van der Waals surface area contributed by atoms with E-state index in [1.807, 2.05) is 12.1 Å². The molecule has 0 amide bonds. The summed E-state index contributed by atoms with van der Waals surface area (Å²) < 4.78 is 1.77. The highest BCUT2D eigenvalue weighted by molar-refractivity contribution is 6.30. The number of halogens is 1. The fourth-order valence-electron chi connectivity index (χ4n) is 1.53. The van der Waals surface area contributed by atoms with Crippen molar-refractivity contribution in [3.05, 3.63) is 41.4 Å². The van der Waals surface area contributed by atoms with Crippen molar-refractivity contribution in [3.63, 3.8) is 0 Å². The monoisotopic (exact) mass is 250 g/mol. The summed E-state index contributed by atoms with van der Waals surface area (Å²) in [6.07, 6.45) is 6.32. The fraction of sp³-hybridized carbons (Fsp3) is 0.333. The number of aromatic nitrogens is 3. The summed E-state index contributed by atoms with van der Waals surface area (Å²) >= 11 is 5.81. The van der Waals surface area contributed by atoms with Crippen molar-refractivity contribution in [1.82, 2.24) is 14.8 Å². The molecule has 0 aliphatic heterocycles. The fourth-order valence-corrected chi connectivity index (χ4v) is 1.69. The van der Waals surface area contributed by atoms with E-state index in [4.69, 9.17) is 11.6 Å². The van der Waals surface area contributed by atoms with Gasteiger partial charge in [-0.1, -0.05) is 18.5 Å². The predicted molar refractivity (Wildman–Crippen MR) is 69.4 cm³/mol. The second kappa shape index (κ2) is 5.68. The Morgan fingerprint density at radius 1 is 1.47 bits per heavy atom. The molecule has 4 nitrogen and oxygen atoms in total. The third-order valence-corrected chi connectivity index (χ3v) is 2.52. The van der Waals surface area contributed by atoms with Crippen LogP contribution in [0.4, 0.5) is 5.69 Å². The normalized spacial score (nSPS) is 10.5. The molecular weight excluding hydrogens is 236 g/mol. The van der Waals surface area contributed by atoms with Crippen LogP contribution in [0, 0.1) is 0 Å². The molecule has 0 spiro atoms. The maximum Gasteiger partial charge on any atom is 0.0832 e. The van der Waals surface area contributed by atoms with Crippen molar-refractivity contribution < 1.29 is 0 Å². The van der Waals surface area contributed by atoms with Crippen molar-refractivity contribution in [1.29, 1.82) is 0 Å². The first-order valence-corrected chi connectivity index (χ1v) is 6.02. The Kier molecular flexibility index (Phi) is 3.98. The van der Waals surface area contributed by atoms with Gasteiger partial charge in [-0.3, -0.25) is 9.67 Å². The average Bonchev–Trinajstić information content (AvgIpc) is 2.73. The Morgan fingerprint density at radius 2 is 2.35 bits per heavy atom. The van der Waals surface area contributed by atoms with Crippen LogP contribution in [0.1, 0.15) is 19.0 Å². The van der Waals surface area contributed by atoms with Crippen LogP contribution < -0.4 is 5.32 Å². The minimum Gasteiger partial charge on any atom is -0.385 e. The molecule has 0 saturated carbocycles. The molecule has 2 aromatic heterocycles. The number of pyridine rings is 1. The van der Waals surface area contributed by atoms with E-state index in [2.05, 4.69) is 22.3 Å². The van der Waals surface area contributed by atoms with Crippen molar-refractivity contribution in [2.75, 3.05) is 11.9 Å². The molecule has 2 heterocycles. The average molecular weight is 251 g/mol. The lowest BCUT2D eigenvalue weighted by Gasteiger charge is -2.06. The van der Waals surface area contributed by atoms with Gasteiger partial charge in [-0.2, -0.15) is 5.10 Å². The molecule has 17 heavy (non-hydrogen) atoms. The van der Waals surface area contributed by atoms with E-state index < -0.39 is 0 Å². The highest BCUT2D eigenvalue weighted by Gasteiger charge is 2.00. The number of hydrogen-bond acceptors (Lipinski definition) is 3. The minimum atomic E-state index is 0.633. The van der Waals surface area contributed by atoms with E-state index in [0.717, 1.165) is 24.3 Å². The van der Waals surface area contributed by atoms with E-state index in [1.165, 1.54) is 0 Å². The molecule has 0 fully saturated rings. The first-order chi connectivity index (χ1) is 8.28. The Balaban J connectivity index is 2.05. The summed E-state index contributed by atoms with van der Waals surface area (Å²) in [6.45, 7) is 3.74. The highest BCUT2D eigenvalue weighted by atomic mass is 35.5. The van der Waals surface area contributed by atoms with E-state index in [1.54, 1.807) is 23.3 Å². The van der Waals surface area contributed by atoms with Gasteiger partial charge < -0.3 is 5.32 Å². The molecule has 2 aromatic rings. The van der Waals surface area contributed by atoms with Gasteiger partial charge in [0.2, 0.25) is 0 Å². The molecule has 1 N–H and O–H groups in total. The number of rotatable bonds is 5. The third kappa shape index (κ3) is 3.46. The topological polar surface area (TPSA) is 42.7 Å². The molecule has 0 unspecified atom stereocenters. The van der Waals surface area contributed by atoms with Crippen LogP contribution in [0.15, 0.2) is 30.7 Å². The van der Waals surface area contributed by atoms with Crippen molar-refractivity contribution in [2.45, 2.75) is 19.9 Å². The number of hydrogen-bond donors (Lipinski definition) is 1. The zero-order valence-electron chi connectivity index (χ0n) is 9.73. The van der Waals surface area contributed by atoms with Crippen molar-refractivity contribution in [2.24, 2.45) is 0 Å². The van der Waals surface area contributed by atoms with Gasteiger partial charge in [-0.05, 0) is 18.6 Å². The molecule has 0 aliphatic carbocycles. The Morgan fingerprint density at radius 3 is 3.06 bits per heavy atom. The van der Waals surface area contributed by atoms with Crippen LogP contribution in [0.3, 0.4) is 0 Å². The van der Waals surface area contributed by atoms with Gasteiger partial charge in [-0.25, -0.2) is 0 Å². The van der Waals surface area contributed by atoms with Gasteiger partial charge in [0.05, 0.1) is 23.5 Å². The summed E-state index contributed by atoms with van der Waals surface area (Å²) in [5, 5.41) is 8.10. The van der Waals surface area contributed by atoms with Gasteiger partial charge in [0, 0.05) is 24.6 Å². The van der Waals surface area contributed by atoms with Crippen LogP contribution in [-0.2, 0) is 6.54 Å². The van der Waals surface area contributed by atoms with Crippen LogP contribution >= 0.6 is 11.6 Å². The molecule has 0 aliphatic rings. The van der Waals surface area contributed by atoms with E-state index in [9.17, 15) is 0 Å². The van der Waals surface area contributed by atoms with Gasteiger partial charge >= 0.3 is 0 Å². The maximum absolute atomic E-state index is 5.81.